The monoisotopic (exact) mass is 369 g/mol. The summed E-state index contributed by atoms with van der Waals surface area (Å²) in [6.45, 7) is 4.12. The van der Waals surface area contributed by atoms with Crippen LogP contribution >= 0.6 is 11.8 Å². The van der Waals surface area contributed by atoms with Gasteiger partial charge in [0, 0.05) is 12.1 Å². The molecule has 1 aromatic carbocycles. The number of nitrogens with zero attached hydrogens (tertiary/aromatic N) is 3. The van der Waals surface area contributed by atoms with Gasteiger partial charge < -0.3 is 5.11 Å². The lowest BCUT2D eigenvalue weighted by Crippen LogP contribution is -2.20. The Morgan fingerprint density at radius 1 is 1.33 bits per heavy atom. The van der Waals surface area contributed by atoms with Crippen LogP contribution in [0.3, 0.4) is 0 Å². The number of aliphatic hydroxyl groups is 1. The molecular weight excluding hydrogens is 353 g/mol. The quantitative estimate of drug-likeness (QED) is 0.805. The number of hydrogen-bond acceptors (Lipinski definition) is 6. The first kappa shape index (κ1) is 17.1. The van der Waals surface area contributed by atoms with Crippen molar-refractivity contribution in [3.63, 3.8) is 0 Å². The van der Waals surface area contributed by atoms with Crippen molar-refractivity contribution < 1.29 is 17.9 Å². The summed E-state index contributed by atoms with van der Waals surface area (Å²) in [4.78, 5) is 0. The highest BCUT2D eigenvalue weighted by molar-refractivity contribution is 8.01. The van der Waals surface area contributed by atoms with E-state index in [9.17, 15) is 17.9 Å². The molecule has 0 aliphatic carbocycles. The van der Waals surface area contributed by atoms with Gasteiger partial charge in [-0.1, -0.05) is 17.8 Å². The van der Waals surface area contributed by atoms with Crippen LogP contribution < -0.4 is 0 Å². The van der Waals surface area contributed by atoms with Crippen molar-refractivity contribution in [2.24, 2.45) is 0 Å². The smallest absolute Gasteiger partial charge is 0.192 e. The van der Waals surface area contributed by atoms with Gasteiger partial charge in [-0.15, -0.1) is 16.8 Å². The van der Waals surface area contributed by atoms with E-state index in [1.165, 1.54) is 23.9 Å². The highest BCUT2D eigenvalue weighted by atomic mass is 32.2. The van der Waals surface area contributed by atoms with E-state index in [1.54, 1.807) is 22.8 Å². The Kier molecular flexibility index (Phi) is 4.75. The highest BCUT2D eigenvalue weighted by Gasteiger charge is 2.38. The summed E-state index contributed by atoms with van der Waals surface area (Å²) in [5, 5.41) is 18.2. The zero-order chi connectivity index (χ0) is 17.3. The molecular formula is C15H16FN3O3S2. The second-order valence-corrected chi connectivity index (χ2v) is 8.87. The third-order valence-electron chi connectivity index (χ3n) is 3.66. The molecule has 1 aromatic heterocycles. The third kappa shape index (κ3) is 3.52. The molecule has 1 N–H and O–H groups in total. The lowest BCUT2D eigenvalue weighted by molar-refractivity contribution is 0.207. The Balaban J connectivity index is 1.91. The third-order valence-corrected chi connectivity index (χ3v) is 6.88. The normalized spacial score (nSPS) is 22.6. The van der Waals surface area contributed by atoms with Gasteiger partial charge in [-0.3, -0.25) is 4.57 Å². The zero-order valence-electron chi connectivity index (χ0n) is 12.7. The Bertz CT molecular complexity index is 849. The standard InChI is InChI=1S/C15H16FN3O3S2/c1-2-7-19-14(10-3-5-11(16)6-4-10)17-18-15(19)23-13-9-24(21,22)8-12(13)20/h2-6,12-13,20H,1,7-9H2/t12-,13+/m0/s1. The molecule has 2 atom stereocenters. The summed E-state index contributed by atoms with van der Waals surface area (Å²) in [6.07, 6.45) is 0.741. The molecule has 0 saturated carbocycles. The number of allylic oxidation sites excluding steroid dienone is 1. The van der Waals surface area contributed by atoms with E-state index in [2.05, 4.69) is 16.8 Å². The number of halogens is 1. The molecule has 9 heteroatoms. The number of thioether (sulfide) groups is 1. The van der Waals surface area contributed by atoms with Crippen molar-refractivity contribution >= 4 is 21.6 Å². The molecule has 1 aliphatic rings. The van der Waals surface area contributed by atoms with Gasteiger partial charge in [-0.2, -0.15) is 0 Å². The van der Waals surface area contributed by atoms with Crippen molar-refractivity contribution in [3.05, 3.63) is 42.7 Å². The van der Waals surface area contributed by atoms with Crippen LogP contribution in [0.4, 0.5) is 4.39 Å². The van der Waals surface area contributed by atoms with Crippen LogP contribution in [0.15, 0.2) is 42.1 Å². The second kappa shape index (κ2) is 6.66. The molecule has 0 amide bonds. The number of aromatic nitrogens is 3. The van der Waals surface area contributed by atoms with Crippen LogP contribution in [-0.4, -0.2) is 51.1 Å². The molecule has 3 rings (SSSR count). The summed E-state index contributed by atoms with van der Waals surface area (Å²) in [5.74, 6) is -0.133. The molecule has 0 unspecified atom stereocenters. The predicted molar refractivity (Wildman–Crippen MR) is 89.9 cm³/mol. The van der Waals surface area contributed by atoms with Gasteiger partial charge in [0.25, 0.3) is 0 Å². The van der Waals surface area contributed by atoms with E-state index in [4.69, 9.17) is 0 Å². The van der Waals surface area contributed by atoms with Gasteiger partial charge in [0.15, 0.2) is 20.8 Å². The lowest BCUT2D eigenvalue weighted by Gasteiger charge is -2.13. The fourth-order valence-corrected chi connectivity index (χ4v) is 6.05. The Morgan fingerprint density at radius 3 is 2.62 bits per heavy atom. The van der Waals surface area contributed by atoms with E-state index in [0.717, 1.165) is 0 Å². The van der Waals surface area contributed by atoms with E-state index in [1.807, 2.05) is 0 Å². The Labute approximate surface area is 143 Å². The number of rotatable bonds is 5. The SMILES string of the molecule is C=CCn1c(S[C@@H]2CS(=O)(=O)C[C@@H]2O)nnc1-c1ccc(F)cc1. The first-order valence-electron chi connectivity index (χ1n) is 7.25. The molecule has 2 aromatic rings. The maximum Gasteiger partial charge on any atom is 0.192 e. The first-order valence-corrected chi connectivity index (χ1v) is 9.95. The molecule has 0 radical (unpaired) electrons. The minimum Gasteiger partial charge on any atom is -0.391 e. The first-order chi connectivity index (χ1) is 11.4. The molecule has 2 heterocycles. The highest BCUT2D eigenvalue weighted by Crippen LogP contribution is 2.32. The van der Waals surface area contributed by atoms with Crippen molar-refractivity contribution in [1.82, 2.24) is 14.8 Å². The summed E-state index contributed by atoms with van der Waals surface area (Å²) >= 11 is 1.19. The molecule has 0 spiro atoms. The summed E-state index contributed by atoms with van der Waals surface area (Å²) in [7, 11) is -3.23. The minimum absolute atomic E-state index is 0.0916. The van der Waals surface area contributed by atoms with Crippen LogP contribution in [0.2, 0.25) is 0 Å². The van der Waals surface area contributed by atoms with Crippen LogP contribution in [0, 0.1) is 5.82 Å². The number of hydrogen-bond donors (Lipinski definition) is 1. The number of sulfone groups is 1. The van der Waals surface area contributed by atoms with Crippen molar-refractivity contribution in [2.75, 3.05) is 11.5 Å². The fraction of sp³-hybridized carbons (Fsp3) is 0.333. The van der Waals surface area contributed by atoms with E-state index in [0.29, 0.717) is 23.1 Å². The maximum atomic E-state index is 13.1. The van der Waals surface area contributed by atoms with Gasteiger partial charge >= 0.3 is 0 Å². The van der Waals surface area contributed by atoms with Gasteiger partial charge in [-0.25, -0.2) is 12.8 Å². The van der Waals surface area contributed by atoms with Crippen molar-refractivity contribution in [2.45, 2.75) is 23.1 Å². The van der Waals surface area contributed by atoms with Crippen LogP contribution in [0.5, 0.6) is 0 Å². The van der Waals surface area contributed by atoms with E-state index < -0.39 is 21.2 Å². The minimum atomic E-state index is -3.23. The van der Waals surface area contributed by atoms with Crippen molar-refractivity contribution in [3.8, 4) is 11.4 Å². The van der Waals surface area contributed by atoms with Gasteiger partial charge in [-0.05, 0) is 24.3 Å². The Hall–Kier alpha value is -1.71. The molecule has 1 aliphatic heterocycles. The zero-order valence-corrected chi connectivity index (χ0v) is 14.3. The summed E-state index contributed by atoms with van der Waals surface area (Å²) in [5.41, 5.74) is 0.692. The predicted octanol–water partition coefficient (Wildman–Crippen LogP) is 1.52. The van der Waals surface area contributed by atoms with E-state index >= 15 is 0 Å². The Morgan fingerprint density at radius 2 is 2.04 bits per heavy atom. The maximum absolute atomic E-state index is 13.1. The van der Waals surface area contributed by atoms with Gasteiger partial charge in [0.05, 0.1) is 22.9 Å². The van der Waals surface area contributed by atoms with Crippen LogP contribution in [0.1, 0.15) is 0 Å². The van der Waals surface area contributed by atoms with Gasteiger partial charge in [0.2, 0.25) is 0 Å². The van der Waals surface area contributed by atoms with Crippen LogP contribution in [-0.2, 0) is 16.4 Å². The molecule has 1 saturated heterocycles. The molecule has 128 valence electrons. The van der Waals surface area contributed by atoms with Crippen LogP contribution in [0.25, 0.3) is 11.4 Å². The topological polar surface area (TPSA) is 85.1 Å². The average molecular weight is 369 g/mol. The van der Waals surface area contributed by atoms with Gasteiger partial charge in [0.1, 0.15) is 5.82 Å². The largest absolute Gasteiger partial charge is 0.391 e. The molecule has 24 heavy (non-hydrogen) atoms. The second-order valence-electron chi connectivity index (χ2n) is 5.51. The molecule has 1 fully saturated rings. The fourth-order valence-electron chi connectivity index (χ4n) is 2.53. The molecule has 0 bridgehead atoms. The summed E-state index contributed by atoms with van der Waals surface area (Å²) < 4.78 is 38.1. The molecule has 6 nitrogen and oxygen atoms in total. The van der Waals surface area contributed by atoms with E-state index in [-0.39, 0.29) is 17.3 Å². The lowest BCUT2D eigenvalue weighted by atomic mass is 10.2. The number of aliphatic hydroxyl groups excluding tert-OH is 1. The number of benzene rings is 1. The average Bonchev–Trinajstić information content (AvgIpc) is 3.01. The summed E-state index contributed by atoms with van der Waals surface area (Å²) in [6, 6.07) is 5.87. The van der Waals surface area contributed by atoms with Crippen molar-refractivity contribution in [1.29, 1.82) is 0 Å².